The van der Waals surface area contributed by atoms with Crippen molar-refractivity contribution in [2.24, 2.45) is 5.92 Å². The number of fused-ring (bicyclic) bond motifs is 2. The molecule has 3 aromatic rings. The number of piperidine rings is 1. The van der Waals surface area contributed by atoms with E-state index in [4.69, 9.17) is 10.5 Å². The highest BCUT2D eigenvalue weighted by Crippen LogP contribution is 2.37. The highest BCUT2D eigenvalue weighted by molar-refractivity contribution is 7.16. The molecule has 1 aromatic carbocycles. The summed E-state index contributed by atoms with van der Waals surface area (Å²) in [5, 5.41) is 2.72. The number of pyridine rings is 1. The summed E-state index contributed by atoms with van der Waals surface area (Å²) >= 11 is 1.68. The Morgan fingerprint density at radius 1 is 1.30 bits per heavy atom. The van der Waals surface area contributed by atoms with E-state index in [1.807, 2.05) is 35.5 Å². The van der Waals surface area contributed by atoms with Crippen molar-refractivity contribution in [3.8, 4) is 0 Å². The fourth-order valence-electron chi connectivity index (χ4n) is 3.90. The average molecular weight is 470 g/mol. The van der Waals surface area contributed by atoms with Crippen molar-refractivity contribution in [2.75, 3.05) is 24.1 Å². The number of ether oxygens (including phenoxy) is 1. The molecule has 4 heterocycles. The number of benzene rings is 1. The number of amides is 2. The number of nitrogens with one attached hydrogen (secondary N) is 1. The number of thiazole rings is 1. The molecule has 33 heavy (non-hydrogen) atoms. The van der Waals surface area contributed by atoms with Gasteiger partial charge in [0.1, 0.15) is 5.82 Å². The van der Waals surface area contributed by atoms with Crippen LogP contribution in [0.15, 0.2) is 36.0 Å². The predicted molar refractivity (Wildman–Crippen MR) is 132 cm³/mol. The second-order valence-electron chi connectivity index (χ2n) is 8.25. The molecule has 0 spiro atoms. The summed E-state index contributed by atoms with van der Waals surface area (Å²) in [6.45, 7) is 7.97. The summed E-state index contributed by atoms with van der Waals surface area (Å²) in [4.78, 5) is 31.2. The van der Waals surface area contributed by atoms with Crippen LogP contribution in [0.3, 0.4) is 0 Å². The summed E-state index contributed by atoms with van der Waals surface area (Å²) in [6, 6.07) is 8.13. The number of anilines is 2. The van der Waals surface area contributed by atoms with Gasteiger partial charge in [0.2, 0.25) is 12.3 Å². The second-order valence-corrected chi connectivity index (χ2v) is 9.14. The van der Waals surface area contributed by atoms with E-state index >= 15 is 0 Å². The Kier molecular flexibility index (Phi) is 8.73. The Hall–Kier alpha value is -3.04. The Balaban J connectivity index is 0.000000147. The molecule has 1 fully saturated rings. The van der Waals surface area contributed by atoms with Gasteiger partial charge < -0.3 is 20.7 Å². The van der Waals surface area contributed by atoms with E-state index in [1.54, 1.807) is 17.5 Å². The molecular weight excluding hydrogens is 438 g/mol. The molecule has 5 rings (SSSR count). The molecular formula is C24H31N5O3S. The molecule has 8 nitrogen and oxygen atoms in total. The van der Waals surface area contributed by atoms with E-state index < -0.39 is 0 Å². The number of likely N-dealkylation sites (tertiary alicyclic amines) is 1. The van der Waals surface area contributed by atoms with Gasteiger partial charge >= 0.3 is 0 Å². The number of hydrogen-bond acceptors (Lipinski definition) is 7. The van der Waals surface area contributed by atoms with Gasteiger partial charge in [0.25, 0.3) is 0 Å². The lowest BCUT2D eigenvalue weighted by molar-refractivity contribution is -0.119. The van der Waals surface area contributed by atoms with Crippen molar-refractivity contribution in [1.82, 2.24) is 14.9 Å². The fourth-order valence-corrected chi connectivity index (χ4v) is 4.58. The lowest BCUT2D eigenvalue weighted by atomic mass is 10.0. The first-order valence-electron chi connectivity index (χ1n) is 11.0. The molecule has 3 N–H and O–H groups in total. The normalized spacial score (nSPS) is 18.9. The van der Waals surface area contributed by atoms with Crippen molar-refractivity contribution in [2.45, 2.75) is 46.3 Å². The molecule has 0 saturated carbocycles. The Bertz CT molecular complexity index is 1060. The third-order valence-electron chi connectivity index (χ3n) is 5.53. The van der Waals surface area contributed by atoms with E-state index in [2.05, 4.69) is 28.3 Å². The maximum absolute atomic E-state index is 11.0. The highest BCUT2D eigenvalue weighted by atomic mass is 32.1. The maximum Gasteiger partial charge on any atom is 0.221 e. The number of nitrogens with zero attached hydrogens (tertiary/aromatic N) is 3. The molecule has 0 radical (unpaired) electrons. The summed E-state index contributed by atoms with van der Waals surface area (Å²) in [6.07, 6.45) is 4.93. The molecule has 2 aromatic heterocycles. The average Bonchev–Trinajstić information content (AvgIpc) is 3.44. The van der Waals surface area contributed by atoms with Crippen molar-refractivity contribution in [3.05, 3.63) is 47.1 Å². The number of nitrogens with two attached hydrogens (primary N) is 1. The van der Waals surface area contributed by atoms with Crippen LogP contribution in [0.1, 0.15) is 50.8 Å². The number of carbonyl (C=O) groups is 2. The van der Waals surface area contributed by atoms with E-state index in [-0.39, 0.29) is 12.0 Å². The molecule has 0 aliphatic carbocycles. The van der Waals surface area contributed by atoms with Crippen molar-refractivity contribution >= 4 is 45.4 Å². The third kappa shape index (κ3) is 6.72. The van der Waals surface area contributed by atoms with Crippen molar-refractivity contribution < 1.29 is 14.3 Å². The summed E-state index contributed by atoms with van der Waals surface area (Å²) in [7, 11) is 0. The predicted octanol–water partition coefficient (Wildman–Crippen LogP) is 4.38. The monoisotopic (exact) mass is 469 g/mol. The minimum absolute atomic E-state index is 0.0544. The van der Waals surface area contributed by atoms with E-state index in [9.17, 15) is 9.59 Å². The van der Waals surface area contributed by atoms with Crippen LogP contribution in [0.4, 0.5) is 11.5 Å². The summed E-state index contributed by atoms with van der Waals surface area (Å²) < 4.78 is 6.72. The molecule has 0 bridgehead atoms. The van der Waals surface area contributed by atoms with Gasteiger partial charge in [0.15, 0.2) is 0 Å². The van der Waals surface area contributed by atoms with Gasteiger partial charge in [-0.3, -0.25) is 9.59 Å². The first kappa shape index (κ1) is 24.6. The van der Waals surface area contributed by atoms with Crippen LogP contribution in [0.5, 0.6) is 0 Å². The van der Waals surface area contributed by atoms with Gasteiger partial charge in [-0.05, 0) is 37.8 Å². The lowest BCUT2D eigenvalue weighted by Crippen LogP contribution is -2.32. The number of hydrogen-bond donors (Lipinski definition) is 2. The SMILES string of the molecule is CC(=O)Nc1cnc(N)c2c1COC2C.CC1CCCN(C=O)C1.c1ccc2scnc2c1. The van der Waals surface area contributed by atoms with Crippen LogP contribution >= 0.6 is 11.3 Å². The smallest absolute Gasteiger partial charge is 0.221 e. The van der Waals surface area contributed by atoms with E-state index in [0.717, 1.165) is 36.1 Å². The van der Waals surface area contributed by atoms with Crippen LogP contribution in [-0.2, 0) is 20.9 Å². The Morgan fingerprint density at radius 2 is 2.09 bits per heavy atom. The molecule has 2 aliphatic heterocycles. The van der Waals surface area contributed by atoms with Crippen LogP contribution < -0.4 is 11.1 Å². The van der Waals surface area contributed by atoms with Crippen LogP contribution in [-0.4, -0.2) is 40.3 Å². The Morgan fingerprint density at radius 3 is 2.76 bits per heavy atom. The van der Waals surface area contributed by atoms with E-state index in [0.29, 0.717) is 24.0 Å². The van der Waals surface area contributed by atoms with Gasteiger partial charge in [0, 0.05) is 31.1 Å². The van der Waals surface area contributed by atoms with Crippen LogP contribution in [0, 0.1) is 5.92 Å². The van der Waals surface area contributed by atoms with Gasteiger partial charge in [-0.2, -0.15) is 0 Å². The number of nitrogen functional groups attached to an aromatic ring is 1. The molecule has 2 amide bonds. The maximum atomic E-state index is 11.0. The largest absolute Gasteiger partial charge is 0.383 e. The Labute approximate surface area is 198 Å². The van der Waals surface area contributed by atoms with Gasteiger partial charge in [-0.15, -0.1) is 11.3 Å². The number of rotatable bonds is 2. The second kappa shape index (κ2) is 11.7. The summed E-state index contributed by atoms with van der Waals surface area (Å²) in [5.41, 5.74) is 11.2. The fraction of sp³-hybridized carbons (Fsp3) is 0.417. The highest BCUT2D eigenvalue weighted by Gasteiger charge is 2.25. The van der Waals surface area contributed by atoms with Gasteiger partial charge in [-0.25, -0.2) is 9.97 Å². The molecule has 2 atom stereocenters. The number of carbonyl (C=O) groups excluding carboxylic acids is 2. The third-order valence-corrected chi connectivity index (χ3v) is 6.34. The minimum atomic E-state index is -0.122. The molecule has 2 unspecified atom stereocenters. The summed E-state index contributed by atoms with van der Waals surface area (Å²) in [5.74, 6) is 1.07. The van der Waals surface area contributed by atoms with E-state index in [1.165, 1.54) is 24.5 Å². The first-order valence-corrected chi connectivity index (χ1v) is 11.9. The van der Waals surface area contributed by atoms with Crippen LogP contribution in [0.25, 0.3) is 10.2 Å². The topological polar surface area (TPSA) is 110 Å². The van der Waals surface area contributed by atoms with Crippen molar-refractivity contribution in [3.63, 3.8) is 0 Å². The molecule has 176 valence electrons. The zero-order chi connectivity index (χ0) is 23.8. The molecule has 2 aliphatic rings. The minimum Gasteiger partial charge on any atom is -0.383 e. The zero-order valence-electron chi connectivity index (χ0n) is 19.3. The lowest BCUT2D eigenvalue weighted by Gasteiger charge is -2.27. The zero-order valence-corrected chi connectivity index (χ0v) is 20.1. The number of aromatic nitrogens is 2. The first-order chi connectivity index (χ1) is 15.9. The van der Waals surface area contributed by atoms with Crippen LogP contribution in [0.2, 0.25) is 0 Å². The number of para-hydroxylation sites is 1. The van der Waals surface area contributed by atoms with Gasteiger partial charge in [0.05, 0.1) is 40.3 Å². The molecule has 1 saturated heterocycles. The van der Waals surface area contributed by atoms with Crippen molar-refractivity contribution in [1.29, 1.82) is 0 Å². The van der Waals surface area contributed by atoms with Gasteiger partial charge in [-0.1, -0.05) is 19.1 Å². The quantitative estimate of drug-likeness (QED) is 0.539. The molecule has 9 heteroatoms. The standard InChI is InChI=1S/C10H13N3O2.C7H13NO.C7H5NS/c1-5-9-7(4-15-5)8(13-6(2)14)3-12-10(9)11;1-7-3-2-4-8(5-7)6-9;1-2-4-7-6(3-1)8-5-9-7/h3,5H,4H2,1-2H3,(H2,11,12)(H,13,14);6-7H,2-5H2,1H3;1-5H.